The second-order valence-corrected chi connectivity index (χ2v) is 2.82. The molecule has 19 heavy (non-hydrogen) atoms. The van der Waals surface area contributed by atoms with Gasteiger partial charge in [-0.2, -0.15) is 0 Å². The number of hydrogen-bond donors (Lipinski definition) is 0. The van der Waals surface area contributed by atoms with Crippen LogP contribution in [0.15, 0.2) is 72.9 Å². The van der Waals surface area contributed by atoms with Gasteiger partial charge in [0.05, 0.1) is 0 Å². The van der Waals surface area contributed by atoms with Gasteiger partial charge in [0, 0.05) is 0 Å². The number of rotatable bonds is 5. The molecule has 0 aromatic heterocycles. The highest BCUT2D eigenvalue weighted by molar-refractivity contribution is 5.43. The molecule has 0 aliphatic carbocycles. The molecule has 0 radical (unpaired) electrons. The summed E-state index contributed by atoms with van der Waals surface area (Å²) in [5.74, 6) is 0. The Morgan fingerprint density at radius 1 is 0.632 bits per heavy atom. The van der Waals surface area contributed by atoms with E-state index in [-0.39, 0.29) is 7.43 Å². The van der Waals surface area contributed by atoms with Crippen LogP contribution in [0.4, 0.5) is 0 Å². The Bertz CT molecular complexity index is 264. The molecule has 0 amide bonds. The van der Waals surface area contributed by atoms with Crippen molar-refractivity contribution in [2.45, 2.75) is 49.0 Å². The lowest BCUT2D eigenvalue weighted by atomic mass is 10.1. The van der Waals surface area contributed by atoms with Crippen LogP contribution in [0.2, 0.25) is 0 Å². The van der Waals surface area contributed by atoms with Crippen LogP contribution in [-0.4, -0.2) is 0 Å². The van der Waals surface area contributed by atoms with Crippen molar-refractivity contribution in [1.29, 1.82) is 0 Å². The minimum atomic E-state index is 0. The standard InChI is InChI=1S/C14H18.2C2H6.CH4/c1-5-7-9-11-13(3)14(4)12-10-8-6-2;2*1-2;/h5-12H,3-4H2,1-2H3;2*1-2H3;1H4/b7-5-,8-6-,11-9-,12-10-;;;. The summed E-state index contributed by atoms with van der Waals surface area (Å²) < 4.78 is 0. The van der Waals surface area contributed by atoms with E-state index in [1.54, 1.807) is 0 Å². The predicted molar refractivity (Wildman–Crippen MR) is 95.6 cm³/mol. The molecule has 0 nitrogen and oxygen atoms in total. The second-order valence-electron chi connectivity index (χ2n) is 2.82. The van der Waals surface area contributed by atoms with E-state index < -0.39 is 0 Å². The fourth-order valence-electron chi connectivity index (χ4n) is 0.780. The molecule has 0 aliphatic rings. The highest BCUT2D eigenvalue weighted by Gasteiger charge is 1.88. The zero-order valence-corrected chi connectivity index (χ0v) is 13.0. The lowest BCUT2D eigenvalue weighted by Crippen LogP contribution is -1.76. The van der Waals surface area contributed by atoms with Crippen molar-refractivity contribution >= 4 is 0 Å². The third-order valence-corrected chi connectivity index (χ3v) is 1.61. The first-order valence-corrected chi connectivity index (χ1v) is 6.69. The van der Waals surface area contributed by atoms with Crippen molar-refractivity contribution in [3.63, 3.8) is 0 Å². The molecule has 0 heteroatoms. The molecular formula is C19H34. The Balaban J connectivity index is -0.000000204. The molecule has 0 bridgehead atoms. The van der Waals surface area contributed by atoms with Crippen molar-refractivity contribution < 1.29 is 0 Å². The van der Waals surface area contributed by atoms with E-state index in [0.29, 0.717) is 0 Å². The highest BCUT2D eigenvalue weighted by atomic mass is 13.9. The molecule has 0 atom stereocenters. The van der Waals surface area contributed by atoms with Gasteiger partial charge in [0.2, 0.25) is 0 Å². The zero-order chi connectivity index (χ0) is 14.8. The first-order valence-electron chi connectivity index (χ1n) is 6.69. The maximum Gasteiger partial charge on any atom is -0.0262 e. The van der Waals surface area contributed by atoms with Gasteiger partial charge in [0.25, 0.3) is 0 Å². The van der Waals surface area contributed by atoms with Gasteiger partial charge in [-0.25, -0.2) is 0 Å². The monoisotopic (exact) mass is 262 g/mol. The highest BCUT2D eigenvalue weighted by Crippen LogP contribution is 2.08. The van der Waals surface area contributed by atoms with E-state index in [1.807, 2.05) is 90.2 Å². The minimum Gasteiger partial charge on any atom is -0.0912 e. The molecule has 0 heterocycles. The average molecular weight is 262 g/mol. The first kappa shape index (κ1) is 26.1. The van der Waals surface area contributed by atoms with E-state index in [4.69, 9.17) is 0 Å². The summed E-state index contributed by atoms with van der Waals surface area (Å²) in [6.45, 7) is 19.8. The van der Waals surface area contributed by atoms with E-state index in [9.17, 15) is 0 Å². The van der Waals surface area contributed by atoms with Crippen molar-refractivity contribution in [2.75, 3.05) is 0 Å². The minimum absolute atomic E-state index is 0. The average Bonchev–Trinajstić information content (AvgIpc) is 2.43. The normalized spacial score (nSPS) is 9.79. The fraction of sp³-hybridized carbons (Fsp3) is 0.368. The van der Waals surface area contributed by atoms with Gasteiger partial charge in [0.15, 0.2) is 0 Å². The Morgan fingerprint density at radius 2 is 0.895 bits per heavy atom. The molecule has 0 rings (SSSR count). The summed E-state index contributed by atoms with van der Waals surface area (Å²) in [5, 5.41) is 0. The van der Waals surface area contributed by atoms with Crippen molar-refractivity contribution in [1.82, 2.24) is 0 Å². The third-order valence-electron chi connectivity index (χ3n) is 1.61. The van der Waals surface area contributed by atoms with Crippen LogP contribution in [0.1, 0.15) is 49.0 Å². The lowest BCUT2D eigenvalue weighted by molar-refractivity contribution is 1.50. The molecular weight excluding hydrogens is 228 g/mol. The van der Waals surface area contributed by atoms with Crippen LogP contribution in [0.5, 0.6) is 0 Å². The zero-order valence-electron chi connectivity index (χ0n) is 13.0. The maximum absolute atomic E-state index is 3.91. The summed E-state index contributed by atoms with van der Waals surface area (Å²) >= 11 is 0. The summed E-state index contributed by atoms with van der Waals surface area (Å²) in [7, 11) is 0. The maximum atomic E-state index is 3.91. The van der Waals surface area contributed by atoms with E-state index in [0.717, 1.165) is 11.1 Å². The molecule has 0 saturated carbocycles. The molecule has 0 spiro atoms. The quantitative estimate of drug-likeness (QED) is 0.465. The van der Waals surface area contributed by atoms with E-state index >= 15 is 0 Å². The Hall–Kier alpha value is -1.56. The van der Waals surface area contributed by atoms with Crippen LogP contribution in [0.25, 0.3) is 0 Å². The van der Waals surface area contributed by atoms with Crippen LogP contribution >= 0.6 is 0 Å². The van der Waals surface area contributed by atoms with Crippen LogP contribution in [0.3, 0.4) is 0 Å². The fourth-order valence-corrected chi connectivity index (χ4v) is 0.780. The molecule has 0 aliphatic heterocycles. The second kappa shape index (κ2) is 25.3. The smallest absolute Gasteiger partial charge is 0.0262 e. The molecule has 0 fully saturated rings. The van der Waals surface area contributed by atoms with E-state index in [1.165, 1.54) is 0 Å². The molecule has 0 saturated heterocycles. The van der Waals surface area contributed by atoms with E-state index in [2.05, 4.69) is 13.2 Å². The SMILES string of the molecule is C.C=C(/C=C\C=C/C)C(=C)/C=C\C=C/C.CC.CC. The van der Waals surface area contributed by atoms with Crippen molar-refractivity contribution in [3.8, 4) is 0 Å². The largest absolute Gasteiger partial charge is 0.0912 e. The van der Waals surface area contributed by atoms with Crippen LogP contribution in [-0.2, 0) is 0 Å². The van der Waals surface area contributed by atoms with Crippen molar-refractivity contribution in [2.24, 2.45) is 0 Å². The van der Waals surface area contributed by atoms with Gasteiger partial charge in [0.1, 0.15) is 0 Å². The summed E-state index contributed by atoms with van der Waals surface area (Å²) in [6.07, 6.45) is 15.7. The topological polar surface area (TPSA) is 0 Å². The molecule has 0 unspecified atom stereocenters. The van der Waals surface area contributed by atoms with Gasteiger partial charge in [-0.15, -0.1) is 0 Å². The Morgan fingerprint density at radius 3 is 1.11 bits per heavy atom. The van der Waals surface area contributed by atoms with Crippen LogP contribution in [0, 0.1) is 0 Å². The number of allylic oxidation sites excluding steroid dienone is 10. The third kappa shape index (κ3) is 22.2. The van der Waals surface area contributed by atoms with Gasteiger partial charge in [-0.3, -0.25) is 0 Å². The Kier molecular flexibility index (Phi) is 34.8. The Labute approximate surface area is 122 Å². The predicted octanol–water partition coefficient (Wildman–Crippen LogP) is 7.05. The summed E-state index contributed by atoms with van der Waals surface area (Å²) in [5.41, 5.74) is 1.87. The molecule has 0 N–H and O–H groups in total. The molecule has 0 aromatic carbocycles. The lowest BCUT2D eigenvalue weighted by Gasteiger charge is -1.96. The summed E-state index contributed by atoms with van der Waals surface area (Å²) in [6, 6.07) is 0. The summed E-state index contributed by atoms with van der Waals surface area (Å²) in [4.78, 5) is 0. The van der Waals surface area contributed by atoms with Gasteiger partial charge in [-0.05, 0) is 25.0 Å². The van der Waals surface area contributed by atoms with Crippen molar-refractivity contribution in [3.05, 3.63) is 72.9 Å². The molecule has 110 valence electrons. The number of hydrogen-bond acceptors (Lipinski definition) is 0. The first-order chi connectivity index (χ1) is 8.72. The van der Waals surface area contributed by atoms with Crippen LogP contribution < -0.4 is 0 Å². The van der Waals surface area contributed by atoms with Gasteiger partial charge in [-0.1, -0.05) is 96.9 Å². The molecule has 0 aromatic rings. The van der Waals surface area contributed by atoms with Gasteiger partial charge < -0.3 is 0 Å². The van der Waals surface area contributed by atoms with Gasteiger partial charge >= 0.3 is 0 Å².